The second kappa shape index (κ2) is 6.25. The van der Waals surface area contributed by atoms with Gasteiger partial charge in [-0.05, 0) is 18.6 Å². The molecule has 0 aromatic heterocycles. The number of benzene rings is 1. The Morgan fingerprint density at radius 2 is 2.28 bits per heavy atom. The third-order valence-electron chi connectivity index (χ3n) is 3.37. The molecule has 98 valence electrons. The first-order valence-corrected chi connectivity index (χ1v) is 7.37. The lowest BCUT2D eigenvalue weighted by atomic mass is 10.0. The fraction of sp³-hybridized carbons (Fsp3) is 0.500. The van der Waals surface area contributed by atoms with Crippen LogP contribution in [0.1, 0.15) is 18.4 Å². The fourth-order valence-electron chi connectivity index (χ4n) is 2.06. The van der Waals surface area contributed by atoms with Gasteiger partial charge < -0.3 is 10.2 Å². The summed E-state index contributed by atoms with van der Waals surface area (Å²) in [5.74, 6) is 1.81. The number of rotatable bonds is 5. The molecule has 1 aromatic rings. The molecule has 0 saturated carbocycles. The third kappa shape index (κ3) is 3.06. The fourth-order valence-corrected chi connectivity index (χ4v) is 3.32. The average molecular weight is 264 g/mol. The van der Waals surface area contributed by atoms with Crippen molar-refractivity contribution in [3.63, 3.8) is 0 Å². The van der Waals surface area contributed by atoms with Crippen molar-refractivity contribution >= 4 is 17.7 Å². The molecule has 0 fully saturated rings. The zero-order valence-corrected chi connectivity index (χ0v) is 11.8. The minimum absolute atomic E-state index is 0.163. The molecule has 0 spiro atoms. The standard InChI is InChI=1S/C14H20N2OS/c1-3-16(2)14(17)9-15-8-11-10-18-13-7-5-4-6-12(11)13/h4-7,11,15H,3,8-10H2,1-2H3. The maximum atomic E-state index is 11.7. The summed E-state index contributed by atoms with van der Waals surface area (Å²) in [5.41, 5.74) is 1.42. The van der Waals surface area contributed by atoms with Crippen LogP contribution in [0.25, 0.3) is 0 Å². The van der Waals surface area contributed by atoms with E-state index in [9.17, 15) is 4.79 Å². The number of carbonyl (C=O) groups excluding carboxylic acids is 1. The quantitative estimate of drug-likeness (QED) is 0.882. The summed E-state index contributed by atoms with van der Waals surface area (Å²) in [6.45, 7) is 4.07. The van der Waals surface area contributed by atoms with Gasteiger partial charge in [-0.25, -0.2) is 0 Å². The van der Waals surface area contributed by atoms with E-state index in [1.807, 2.05) is 25.7 Å². The molecule has 1 aliphatic heterocycles. The van der Waals surface area contributed by atoms with E-state index in [0.29, 0.717) is 12.5 Å². The molecule has 1 N–H and O–H groups in total. The van der Waals surface area contributed by atoms with Crippen LogP contribution in [-0.2, 0) is 4.79 Å². The first kappa shape index (κ1) is 13.4. The normalized spacial score (nSPS) is 17.6. The van der Waals surface area contributed by atoms with E-state index < -0.39 is 0 Å². The van der Waals surface area contributed by atoms with Crippen molar-refractivity contribution in [2.45, 2.75) is 17.7 Å². The number of nitrogens with one attached hydrogen (secondary N) is 1. The molecule has 2 rings (SSSR count). The zero-order valence-electron chi connectivity index (χ0n) is 11.0. The van der Waals surface area contributed by atoms with Gasteiger partial charge in [-0.2, -0.15) is 0 Å². The molecule has 1 unspecified atom stereocenters. The predicted molar refractivity (Wildman–Crippen MR) is 76.1 cm³/mol. The topological polar surface area (TPSA) is 32.3 Å². The molecule has 4 heteroatoms. The molecule has 0 saturated heterocycles. The van der Waals surface area contributed by atoms with E-state index in [1.165, 1.54) is 10.5 Å². The van der Waals surface area contributed by atoms with Gasteiger partial charge >= 0.3 is 0 Å². The van der Waals surface area contributed by atoms with Gasteiger partial charge in [0, 0.05) is 36.7 Å². The van der Waals surface area contributed by atoms with Crippen molar-refractivity contribution in [1.29, 1.82) is 0 Å². The summed E-state index contributed by atoms with van der Waals surface area (Å²) in [6, 6.07) is 8.55. The number of hydrogen-bond acceptors (Lipinski definition) is 3. The van der Waals surface area contributed by atoms with Gasteiger partial charge in [0.15, 0.2) is 0 Å². The number of thioether (sulfide) groups is 1. The van der Waals surface area contributed by atoms with Crippen molar-refractivity contribution in [2.24, 2.45) is 0 Å². The summed E-state index contributed by atoms with van der Waals surface area (Å²) in [4.78, 5) is 14.8. The third-order valence-corrected chi connectivity index (χ3v) is 4.62. The zero-order chi connectivity index (χ0) is 13.0. The second-order valence-electron chi connectivity index (χ2n) is 4.58. The van der Waals surface area contributed by atoms with Crippen molar-refractivity contribution in [1.82, 2.24) is 10.2 Å². The smallest absolute Gasteiger partial charge is 0.236 e. The molecule has 0 bridgehead atoms. The summed E-state index contributed by atoms with van der Waals surface area (Å²) < 4.78 is 0. The molecule has 1 aliphatic rings. The van der Waals surface area contributed by atoms with Crippen LogP contribution < -0.4 is 5.32 Å². The summed E-state index contributed by atoms with van der Waals surface area (Å²) in [5, 5.41) is 3.28. The molecular weight excluding hydrogens is 244 g/mol. The van der Waals surface area contributed by atoms with Crippen LogP contribution in [0.4, 0.5) is 0 Å². The second-order valence-corrected chi connectivity index (χ2v) is 5.65. The molecule has 0 radical (unpaired) electrons. The van der Waals surface area contributed by atoms with Crippen LogP contribution in [0.15, 0.2) is 29.2 Å². The molecule has 1 atom stereocenters. The molecule has 18 heavy (non-hydrogen) atoms. The minimum Gasteiger partial charge on any atom is -0.345 e. The van der Waals surface area contributed by atoms with E-state index in [-0.39, 0.29) is 5.91 Å². The lowest BCUT2D eigenvalue weighted by molar-refractivity contribution is -0.128. The van der Waals surface area contributed by atoms with Gasteiger partial charge in [0.05, 0.1) is 6.54 Å². The Morgan fingerprint density at radius 3 is 3.06 bits per heavy atom. The van der Waals surface area contributed by atoms with Crippen molar-refractivity contribution in [2.75, 3.05) is 32.4 Å². The highest BCUT2D eigenvalue weighted by Gasteiger charge is 2.22. The first-order chi connectivity index (χ1) is 8.72. The van der Waals surface area contributed by atoms with Crippen molar-refractivity contribution in [3.05, 3.63) is 29.8 Å². The highest BCUT2D eigenvalue weighted by atomic mass is 32.2. The Labute approximate surface area is 113 Å². The van der Waals surface area contributed by atoms with Crippen LogP contribution in [0, 0.1) is 0 Å². The Bertz CT molecular complexity index is 422. The van der Waals surface area contributed by atoms with Gasteiger partial charge in [-0.1, -0.05) is 18.2 Å². The SMILES string of the molecule is CCN(C)C(=O)CNCC1CSc2ccccc21. The Morgan fingerprint density at radius 1 is 1.50 bits per heavy atom. The Hall–Kier alpha value is -1.00. The van der Waals surface area contributed by atoms with Crippen LogP contribution in [-0.4, -0.2) is 43.2 Å². The number of nitrogens with zero attached hydrogens (tertiary/aromatic N) is 1. The number of carbonyl (C=O) groups is 1. The van der Waals surface area contributed by atoms with Crippen molar-refractivity contribution in [3.8, 4) is 0 Å². The lowest BCUT2D eigenvalue weighted by Crippen LogP contribution is -2.36. The van der Waals surface area contributed by atoms with E-state index in [0.717, 1.165) is 18.8 Å². The average Bonchev–Trinajstić information content (AvgIpc) is 2.81. The van der Waals surface area contributed by atoms with Crippen molar-refractivity contribution < 1.29 is 4.79 Å². The number of likely N-dealkylation sites (N-methyl/N-ethyl adjacent to an activating group) is 1. The number of fused-ring (bicyclic) bond motifs is 1. The molecular formula is C14H20N2OS. The predicted octanol–water partition coefficient (Wildman–Crippen LogP) is 1.94. The van der Waals surface area contributed by atoms with E-state index >= 15 is 0 Å². The summed E-state index contributed by atoms with van der Waals surface area (Å²) in [7, 11) is 1.84. The largest absolute Gasteiger partial charge is 0.345 e. The van der Waals surface area contributed by atoms with E-state index in [4.69, 9.17) is 0 Å². The van der Waals surface area contributed by atoms with Gasteiger partial charge in [0.25, 0.3) is 0 Å². The van der Waals surface area contributed by atoms with Crippen LogP contribution in [0.5, 0.6) is 0 Å². The van der Waals surface area contributed by atoms with Gasteiger partial charge in [-0.3, -0.25) is 4.79 Å². The van der Waals surface area contributed by atoms with Gasteiger partial charge in [0.1, 0.15) is 0 Å². The van der Waals surface area contributed by atoms with E-state index in [2.05, 4.69) is 29.6 Å². The Balaban J connectivity index is 1.81. The summed E-state index contributed by atoms with van der Waals surface area (Å²) in [6.07, 6.45) is 0. The van der Waals surface area contributed by atoms with Gasteiger partial charge in [-0.15, -0.1) is 11.8 Å². The van der Waals surface area contributed by atoms with Crippen LogP contribution in [0.3, 0.4) is 0 Å². The maximum Gasteiger partial charge on any atom is 0.236 e. The first-order valence-electron chi connectivity index (χ1n) is 6.38. The molecule has 3 nitrogen and oxygen atoms in total. The summed E-state index contributed by atoms with van der Waals surface area (Å²) >= 11 is 1.91. The number of amides is 1. The Kier molecular flexibility index (Phi) is 4.66. The van der Waals surface area contributed by atoms with Crippen LogP contribution in [0.2, 0.25) is 0 Å². The molecule has 1 heterocycles. The maximum absolute atomic E-state index is 11.7. The minimum atomic E-state index is 0.163. The molecule has 1 amide bonds. The lowest BCUT2D eigenvalue weighted by Gasteiger charge is -2.16. The van der Waals surface area contributed by atoms with Gasteiger partial charge in [0.2, 0.25) is 5.91 Å². The number of hydrogen-bond donors (Lipinski definition) is 1. The van der Waals surface area contributed by atoms with E-state index in [1.54, 1.807) is 4.90 Å². The molecule has 1 aromatic carbocycles. The highest BCUT2D eigenvalue weighted by molar-refractivity contribution is 7.99. The van der Waals surface area contributed by atoms with Crippen LogP contribution >= 0.6 is 11.8 Å². The molecule has 0 aliphatic carbocycles. The monoisotopic (exact) mass is 264 g/mol. The highest BCUT2D eigenvalue weighted by Crippen LogP contribution is 2.38.